The minimum absolute atomic E-state index is 0.0587. The van der Waals surface area contributed by atoms with E-state index in [4.69, 9.17) is 11.7 Å². The van der Waals surface area contributed by atoms with Gasteiger partial charge in [0.1, 0.15) is 6.04 Å². The van der Waals surface area contributed by atoms with E-state index in [1.54, 1.807) is 30.8 Å². The molecule has 0 bridgehead atoms. The van der Waals surface area contributed by atoms with E-state index >= 15 is 0 Å². The maximum Gasteiger partial charge on any atom is 0.253 e. The first-order valence-corrected chi connectivity index (χ1v) is 15.1. The number of carbonyl (C=O) groups excluding carboxylic acids is 2. The molecule has 11 heteroatoms. The molecule has 2 amide bonds. The molecule has 6 N–H and O–H groups in total. The third-order valence-corrected chi connectivity index (χ3v) is 8.44. The molecule has 0 aliphatic heterocycles. The van der Waals surface area contributed by atoms with Crippen molar-refractivity contribution in [1.29, 1.82) is 5.26 Å². The summed E-state index contributed by atoms with van der Waals surface area (Å²) in [5, 5.41) is 16.9. The summed E-state index contributed by atoms with van der Waals surface area (Å²) in [7, 11) is 7.65. The number of likely N-dealkylation sites (N-methyl/N-ethyl adjacent to an activating group) is 1. The molecule has 1 aromatic rings. The normalized spacial score (nSPS) is 19.0. The SMILES string of the molecule is CCCN(C(=O)CNCCC1(/C(=N/N)NN)C2=C(C=C(CN(C)C)CC2)CCc2cc(C(=O)N(C)C)ccc21)C(C)C#N. The maximum absolute atomic E-state index is 13.1. The van der Waals surface area contributed by atoms with Crippen molar-refractivity contribution < 1.29 is 9.59 Å². The van der Waals surface area contributed by atoms with E-state index in [2.05, 4.69) is 47.0 Å². The molecule has 0 aromatic heterocycles. The number of fused-ring (bicyclic) bond motifs is 1. The number of aryl methyl sites for hydroxylation is 1. The van der Waals surface area contributed by atoms with Gasteiger partial charge in [-0.3, -0.25) is 9.59 Å². The summed E-state index contributed by atoms with van der Waals surface area (Å²) in [6.45, 7) is 5.71. The number of nitrogens with zero attached hydrogens (tertiary/aromatic N) is 5. The molecule has 0 radical (unpaired) electrons. The average Bonchev–Trinajstić information content (AvgIpc) is 3.12. The number of nitrogens with one attached hydrogen (secondary N) is 2. The van der Waals surface area contributed by atoms with E-state index in [1.807, 2.05) is 25.1 Å². The monoisotopic (exact) mass is 591 g/mol. The molecule has 0 heterocycles. The Balaban J connectivity index is 2.09. The molecule has 2 unspecified atom stereocenters. The number of hydrogen-bond acceptors (Lipinski definition) is 8. The minimum Gasteiger partial charge on any atom is -0.345 e. The number of hydrazine groups is 1. The zero-order valence-electron chi connectivity index (χ0n) is 26.7. The molecular weight excluding hydrogens is 542 g/mol. The molecule has 2 aliphatic carbocycles. The van der Waals surface area contributed by atoms with Crippen LogP contribution in [0.2, 0.25) is 0 Å². The lowest BCUT2D eigenvalue weighted by molar-refractivity contribution is -0.131. The quantitative estimate of drug-likeness (QED) is 0.0946. The summed E-state index contributed by atoms with van der Waals surface area (Å²) in [4.78, 5) is 31.3. The lowest BCUT2D eigenvalue weighted by Gasteiger charge is -2.40. The van der Waals surface area contributed by atoms with Crippen molar-refractivity contribution in [2.75, 3.05) is 54.4 Å². The fourth-order valence-corrected chi connectivity index (χ4v) is 6.50. The van der Waals surface area contributed by atoms with Gasteiger partial charge in [-0.05, 0) is 100 Å². The van der Waals surface area contributed by atoms with Gasteiger partial charge in [0.15, 0.2) is 5.84 Å². The minimum atomic E-state index is -0.788. The van der Waals surface area contributed by atoms with Crippen LogP contribution in [-0.4, -0.2) is 92.8 Å². The van der Waals surface area contributed by atoms with Crippen molar-refractivity contribution >= 4 is 17.6 Å². The van der Waals surface area contributed by atoms with Gasteiger partial charge in [0.2, 0.25) is 5.91 Å². The van der Waals surface area contributed by atoms with Gasteiger partial charge in [0.05, 0.1) is 18.0 Å². The Morgan fingerprint density at radius 1 is 1.16 bits per heavy atom. The molecule has 0 spiro atoms. The van der Waals surface area contributed by atoms with Gasteiger partial charge < -0.3 is 31.3 Å². The Bertz CT molecular complexity index is 1310. The van der Waals surface area contributed by atoms with Crippen molar-refractivity contribution in [3.8, 4) is 6.07 Å². The summed E-state index contributed by atoms with van der Waals surface area (Å²) in [6.07, 6.45) is 6.91. The molecule has 0 fully saturated rings. The van der Waals surface area contributed by atoms with Gasteiger partial charge >= 0.3 is 0 Å². The predicted molar refractivity (Wildman–Crippen MR) is 171 cm³/mol. The second-order valence-electron chi connectivity index (χ2n) is 12.0. The summed E-state index contributed by atoms with van der Waals surface area (Å²) in [5.74, 6) is 12.4. The fourth-order valence-electron chi connectivity index (χ4n) is 6.50. The Labute approximate surface area is 256 Å². The van der Waals surface area contributed by atoms with Gasteiger partial charge in [-0.25, -0.2) is 5.84 Å². The van der Waals surface area contributed by atoms with Crippen molar-refractivity contribution in [3.63, 3.8) is 0 Å². The van der Waals surface area contributed by atoms with E-state index < -0.39 is 11.5 Å². The van der Waals surface area contributed by atoms with Gasteiger partial charge in [-0.2, -0.15) is 10.4 Å². The van der Waals surface area contributed by atoms with E-state index in [0.717, 1.165) is 49.8 Å². The number of allylic oxidation sites excluding steroid dienone is 2. The van der Waals surface area contributed by atoms with E-state index in [-0.39, 0.29) is 18.4 Å². The number of rotatable bonds is 12. The van der Waals surface area contributed by atoms with E-state index in [0.29, 0.717) is 30.9 Å². The molecule has 1 aromatic carbocycles. The Hall–Kier alpha value is -3.72. The summed E-state index contributed by atoms with van der Waals surface area (Å²) < 4.78 is 0. The van der Waals surface area contributed by atoms with Crippen LogP contribution in [-0.2, 0) is 16.6 Å². The molecule has 0 saturated heterocycles. The van der Waals surface area contributed by atoms with Crippen LogP contribution < -0.4 is 22.4 Å². The number of hydrazone groups is 1. The standard InChI is InChI=1S/C32H49N9O2/c1-7-16-41(22(2)19-33)29(42)20-36-15-14-32(31(37-34)38-35)27-12-8-23(21-39(3)4)17-24(27)9-10-25-18-26(11-13-28(25)32)30(43)40(5)6/h11,13,17-18,22,36H,7-10,12,14-16,20-21,34-35H2,1-6H3,(H,37,38). The summed E-state index contributed by atoms with van der Waals surface area (Å²) in [6, 6.07) is 7.56. The highest BCUT2D eigenvalue weighted by Crippen LogP contribution is 2.48. The molecule has 2 atom stereocenters. The number of hydrogen-bond donors (Lipinski definition) is 4. The highest BCUT2D eigenvalue weighted by Gasteiger charge is 2.45. The predicted octanol–water partition coefficient (Wildman–Crippen LogP) is 2.02. The third-order valence-electron chi connectivity index (χ3n) is 8.44. The first-order chi connectivity index (χ1) is 20.5. The number of benzene rings is 1. The number of amides is 2. The molecule has 0 saturated carbocycles. The fraction of sp³-hybridized carbons (Fsp3) is 0.562. The van der Waals surface area contributed by atoms with Crippen LogP contribution in [0, 0.1) is 11.3 Å². The number of carbonyl (C=O) groups is 2. The molecule has 43 heavy (non-hydrogen) atoms. The van der Waals surface area contributed by atoms with Gasteiger partial charge in [-0.15, -0.1) is 0 Å². The second-order valence-corrected chi connectivity index (χ2v) is 12.0. The molecular formula is C32H49N9O2. The molecule has 2 aliphatic rings. The third kappa shape index (κ3) is 7.44. The van der Waals surface area contributed by atoms with Gasteiger partial charge in [-0.1, -0.05) is 24.6 Å². The molecule has 3 rings (SSSR count). The van der Waals surface area contributed by atoms with E-state index in [9.17, 15) is 14.9 Å². The highest BCUT2D eigenvalue weighted by atomic mass is 16.2. The molecule has 11 nitrogen and oxygen atoms in total. The van der Waals surface area contributed by atoms with Crippen LogP contribution in [0.15, 0.2) is 46.1 Å². The zero-order chi connectivity index (χ0) is 31.7. The van der Waals surface area contributed by atoms with Crippen LogP contribution in [0.1, 0.15) is 67.4 Å². The maximum atomic E-state index is 13.1. The van der Waals surface area contributed by atoms with Crippen molar-refractivity contribution in [2.24, 2.45) is 16.8 Å². The summed E-state index contributed by atoms with van der Waals surface area (Å²) >= 11 is 0. The Kier molecular flexibility index (Phi) is 11.9. The first-order valence-electron chi connectivity index (χ1n) is 15.1. The first kappa shape index (κ1) is 33.8. The number of amidine groups is 1. The highest BCUT2D eigenvalue weighted by molar-refractivity contribution is 5.98. The van der Waals surface area contributed by atoms with Crippen molar-refractivity contribution in [2.45, 2.75) is 63.8 Å². The van der Waals surface area contributed by atoms with Crippen LogP contribution >= 0.6 is 0 Å². The van der Waals surface area contributed by atoms with Crippen LogP contribution in [0.3, 0.4) is 0 Å². The van der Waals surface area contributed by atoms with E-state index in [1.165, 1.54) is 16.7 Å². The topological polar surface area (TPSA) is 156 Å². The van der Waals surface area contributed by atoms with Gasteiger partial charge in [0.25, 0.3) is 5.91 Å². The van der Waals surface area contributed by atoms with Gasteiger partial charge in [0, 0.05) is 32.7 Å². The largest absolute Gasteiger partial charge is 0.345 e. The average molecular weight is 592 g/mol. The lowest BCUT2D eigenvalue weighted by Crippen LogP contribution is -2.52. The Morgan fingerprint density at radius 3 is 2.51 bits per heavy atom. The van der Waals surface area contributed by atoms with Crippen molar-refractivity contribution in [1.82, 2.24) is 25.4 Å². The Morgan fingerprint density at radius 2 is 1.91 bits per heavy atom. The number of nitrogens with two attached hydrogens (primary N) is 2. The second kappa shape index (κ2) is 15.1. The van der Waals surface area contributed by atoms with Crippen LogP contribution in [0.5, 0.6) is 0 Å². The summed E-state index contributed by atoms with van der Waals surface area (Å²) in [5.41, 5.74) is 8.53. The van der Waals surface area contributed by atoms with Crippen LogP contribution in [0.4, 0.5) is 0 Å². The number of nitriles is 1. The lowest BCUT2D eigenvalue weighted by atomic mass is 9.66. The smallest absolute Gasteiger partial charge is 0.253 e. The van der Waals surface area contributed by atoms with Crippen molar-refractivity contribution in [3.05, 3.63) is 57.7 Å². The molecule has 234 valence electrons. The zero-order valence-corrected chi connectivity index (χ0v) is 26.7. The van der Waals surface area contributed by atoms with Crippen LogP contribution in [0.25, 0.3) is 0 Å².